The van der Waals surface area contributed by atoms with E-state index in [4.69, 9.17) is 28.0 Å². The van der Waals surface area contributed by atoms with Crippen molar-refractivity contribution in [1.29, 1.82) is 0 Å². The van der Waals surface area contributed by atoms with E-state index in [2.05, 4.69) is 16.1 Å². The summed E-state index contributed by atoms with van der Waals surface area (Å²) in [6.07, 6.45) is 0. The average Bonchev–Trinajstić information content (AvgIpc) is 2.78. The number of nitrogens with one attached hydrogen (secondary N) is 3. The van der Waals surface area contributed by atoms with Crippen molar-refractivity contribution < 1.29 is 14.4 Å². The molecule has 0 atom stereocenters. The Labute approximate surface area is 202 Å². The van der Waals surface area contributed by atoms with Crippen molar-refractivity contribution in [3.63, 3.8) is 0 Å². The Hall–Kier alpha value is -3.32. The summed E-state index contributed by atoms with van der Waals surface area (Å²) in [5, 5.41) is 5.81. The van der Waals surface area contributed by atoms with E-state index in [1.165, 1.54) is 0 Å². The fourth-order valence-corrected chi connectivity index (χ4v) is 3.27. The number of hydrogen-bond acceptors (Lipinski definition) is 4. The van der Waals surface area contributed by atoms with Gasteiger partial charge in [-0.15, -0.1) is 0 Å². The van der Waals surface area contributed by atoms with Crippen LogP contribution in [0, 0.1) is 0 Å². The van der Waals surface area contributed by atoms with Gasteiger partial charge in [-0.05, 0) is 61.4 Å². The van der Waals surface area contributed by atoms with Crippen molar-refractivity contribution in [3.8, 4) is 0 Å². The maximum absolute atomic E-state index is 12.2. The van der Waals surface area contributed by atoms with Gasteiger partial charge in [0.25, 0.3) is 5.91 Å². The maximum atomic E-state index is 12.2. The third kappa shape index (κ3) is 7.08. The Balaban J connectivity index is 1.51. The van der Waals surface area contributed by atoms with Gasteiger partial charge in [-0.3, -0.25) is 20.4 Å². The first-order valence-electron chi connectivity index (χ1n) is 10.1. The molecule has 0 aliphatic heterocycles. The summed E-state index contributed by atoms with van der Waals surface area (Å²) >= 11 is 11.9. The summed E-state index contributed by atoms with van der Waals surface area (Å²) in [5.74, 6) is -0.579. The second-order valence-electron chi connectivity index (χ2n) is 7.36. The molecule has 33 heavy (non-hydrogen) atoms. The SMILES string of the molecule is CC(C)=C(NOCc1ccc(NC(=O)NC(=O)c2ccccc2Cl)cc1)c1ccc(Cl)cc1. The summed E-state index contributed by atoms with van der Waals surface area (Å²) < 4.78 is 0. The third-order valence-corrected chi connectivity index (χ3v) is 5.18. The Morgan fingerprint density at radius 3 is 2.18 bits per heavy atom. The summed E-state index contributed by atoms with van der Waals surface area (Å²) in [7, 11) is 0. The van der Waals surface area contributed by atoms with Gasteiger partial charge in [0.15, 0.2) is 0 Å². The molecule has 3 N–H and O–H groups in total. The molecule has 0 aliphatic rings. The van der Waals surface area contributed by atoms with Gasteiger partial charge in [0.05, 0.1) is 22.9 Å². The van der Waals surface area contributed by atoms with Gasteiger partial charge < -0.3 is 5.32 Å². The molecule has 3 aromatic carbocycles. The number of amides is 3. The fraction of sp³-hybridized carbons (Fsp3) is 0.120. The number of carbonyl (C=O) groups excluding carboxylic acids is 2. The minimum absolute atomic E-state index is 0.226. The maximum Gasteiger partial charge on any atom is 0.326 e. The highest BCUT2D eigenvalue weighted by Crippen LogP contribution is 2.19. The van der Waals surface area contributed by atoms with Gasteiger partial charge >= 0.3 is 6.03 Å². The molecule has 6 nitrogen and oxygen atoms in total. The van der Waals surface area contributed by atoms with E-state index in [9.17, 15) is 9.59 Å². The molecule has 0 heterocycles. The highest BCUT2D eigenvalue weighted by Gasteiger charge is 2.13. The zero-order chi connectivity index (χ0) is 23.8. The van der Waals surface area contributed by atoms with Gasteiger partial charge in [0.2, 0.25) is 0 Å². The summed E-state index contributed by atoms with van der Waals surface area (Å²) in [6, 6.07) is 20.4. The molecule has 3 aromatic rings. The molecular weight excluding hydrogens is 461 g/mol. The molecule has 170 valence electrons. The quantitative estimate of drug-likeness (QED) is 0.338. The Kier molecular flexibility index (Phi) is 8.49. The fourth-order valence-electron chi connectivity index (χ4n) is 2.92. The largest absolute Gasteiger partial charge is 0.326 e. The van der Waals surface area contributed by atoms with Crippen molar-refractivity contribution in [2.24, 2.45) is 0 Å². The number of halogens is 2. The zero-order valence-corrected chi connectivity index (χ0v) is 19.6. The molecule has 8 heteroatoms. The van der Waals surface area contributed by atoms with E-state index < -0.39 is 11.9 Å². The van der Waals surface area contributed by atoms with Crippen molar-refractivity contribution in [3.05, 3.63) is 105 Å². The van der Waals surface area contributed by atoms with Crippen molar-refractivity contribution >= 4 is 46.5 Å². The van der Waals surface area contributed by atoms with Crippen LogP contribution in [0.4, 0.5) is 10.5 Å². The van der Waals surface area contributed by atoms with Gasteiger partial charge in [-0.2, -0.15) is 0 Å². The van der Waals surface area contributed by atoms with Crippen molar-refractivity contribution in [2.75, 3.05) is 5.32 Å². The number of benzene rings is 3. The lowest BCUT2D eigenvalue weighted by atomic mass is 10.1. The van der Waals surface area contributed by atoms with Crippen LogP contribution in [0.15, 0.2) is 78.4 Å². The van der Waals surface area contributed by atoms with Crippen LogP contribution in [0.1, 0.15) is 35.3 Å². The molecule has 0 unspecified atom stereocenters. The summed E-state index contributed by atoms with van der Waals surface area (Å²) in [4.78, 5) is 30.0. The van der Waals surface area contributed by atoms with Crippen LogP contribution < -0.4 is 16.1 Å². The highest BCUT2D eigenvalue weighted by atomic mass is 35.5. The first-order valence-corrected chi connectivity index (χ1v) is 10.9. The van der Waals surface area contributed by atoms with Crippen LogP contribution in [0.5, 0.6) is 0 Å². The van der Waals surface area contributed by atoms with Crippen molar-refractivity contribution in [1.82, 2.24) is 10.8 Å². The van der Waals surface area contributed by atoms with Crippen LogP contribution in [-0.4, -0.2) is 11.9 Å². The number of imide groups is 1. The number of allylic oxidation sites excluding steroid dienone is 1. The minimum Gasteiger partial charge on any atom is -0.308 e. The van der Waals surface area contributed by atoms with E-state index in [1.807, 2.05) is 50.2 Å². The van der Waals surface area contributed by atoms with Gasteiger partial charge in [0, 0.05) is 10.7 Å². The summed E-state index contributed by atoms with van der Waals surface area (Å²) in [5.41, 5.74) is 7.55. The smallest absolute Gasteiger partial charge is 0.308 e. The van der Waals surface area contributed by atoms with Gasteiger partial charge in [0.1, 0.15) is 0 Å². The molecule has 0 bridgehead atoms. The summed E-state index contributed by atoms with van der Waals surface area (Å²) in [6.45, 7) is 4.28. The number of rotatable bonds is 7. The van der Waals surface area contributed by atoms with E-state index in [0.717, 1.165) is 22.4 Å². The van der Waals surface area contributed by atoms with E-state index in [1.54, 1.807) is 36.4 Å². The lowest BCUT2D eigenvalue weighted by Crippen LogP contribution is -2.34. The number of anilines is 1. The van der Waals surface area contributed by atoms with Crippen LogP contribution in [0.3, 0.4) is 0 Å². The molecule has 0 saturated heterocycles. The third-order valence-electron chi connectivity index (χ3n) is 4.60. The van der Waals surface area contributed by atoms with Crippen LogP contribution in [0.2, 0.25) is 10.0 Å². The Morgan fingerprint density at radius 1 is 0.879 bits per heavy atom. The second-order valence-corrected chi connectivity index (χ2v) is 8.20. The number of hydrogen-bond donors (Lipinski definition) is 3. The van der Waals surface area contributed by atoms with Gasteiger partial charge in [-0.25, -0.2) is 4.79 Å². The van der Waals surface area contributed by atoms with Crippen LogP contribution in [-0.2, 0) is 11.4 Å². The molecule has 0 radical (unpaired) electrons. The van der Waals surface area contributed by atoms with Crippen LogP contribution >= 0.6 is 23.2 Å². The minimum atomic E-state index is -0.651. The van der Waals surface area contributed by atoms with Gasteiger partial charge in [-0.1, -0.05) is 65.2 Å². The second kappa shape index (κ2) is 11.5. The highest BCUT2D eigenvalue weighted by molar-refractivity contribution is 6.34. The molecule has 3 amide bonds. The average molecular weight is 484 g/mol. The van der Waals surface area contributed by atoms with E-state index in [0.29, 0.717) is 17.3 Å². The Bertz CT molecular complexity index is 1160. The number of hydroxylamine groups is 1. The van der Waals surface area contributed by atoms with E-state index in [-0.39, 0.29) is 10.6 Å². The molecular formula is C25H23Cl2N3O3. The van der Waals surface area contributed by atoms with Crippen molar-refractivity contribution in [2.45, 2.75) is 20.5 Å². The number of carbonyl (C=O) groups is 2. The zero-order valence-electron chi connectivity index (χ0n) is 18.1. The normalized spacial score (nSPS) is 10.3. The molecule has 0 aliphatic carbocycles. The topological polar surface area (TPSA) is 79.5 Å². The lowest BCUT2D eigenvalue weighted by molar-refractivity contribution is 0.0642. The lowest BCUT2D eigenvalue weighted by Gasteiger charge is -2.14. The number of urea groups is 1. The first-order chi connectivity index (χ1) is 15.8. The molecule has 0 aromatic heterocycles. The first kappa shape index (κ1) is 24.3. The molecule has 0 fully saturated rings. The standard InChI is InChI=1S/C25H23Cl2N3O3/c1-16(2)23(18-9-11-19(26)12-10-18)30-33-15-17-7-13-20(14-8-17)28-25(32)29-24(31)21-5-3-4-6-22(21)27/h3-14,30H,15H2,1-2H3,(H2,28,29,31,32). The molecule has 3 rings (SSSR count). The molecule has 0 spiro atoms. The predicted octanol–water partition coefficient (Wildman–Crippen LogP) is 6.43. The van der Waals surface area contributed by atoms with E-state index >= 15 is 0 Å². The van der Waals surface area contributed by atoms with Crippen LogP contribution in [0.25, 0.3) is 5.70 Å². The molecule has 0 saturated carbocycles. The predicted molar refractivity (Wildman–Crippen MR) is 132 cm³/mol. The monoisotopic (exact) mass is 483 g/mol. The Morgan fingerprint density at radius 2 is 1.55 bits per heavy atom.